The zero-order valence-electron chi connectivity index (χ0n) is 9.43. The van der Waals surface area contributed by atoms with Gasteiger partial charge in [-0.05, 0) is 6.92 Å². The van der Waals surface area contributed by atoms with E-state index in [1.165, 1.54) is 0 Å². The van der Waals surface area contributed by atoms with Gasteiger partial charge in [0.25, 0.3) is 0 Å². The van der Waals surface area contributed by atoms with E-state index in [1.807, 2.05) is 6.92 Å². The minimum Gasteiger partial charge on any atom is -0.383 e. The fourth-order valence-corrected chi connectivity index (χ4v) is 1.65. The van der Waals surface area contributed by atoms with Gasteiger partial charge in [0.2, 0.25) is 5.96 Å². The normalized spacial score (nSPS) is 13.6. The van der Waals surface area contributed by atoms with Crippen molar-refractivity contribution in [2.75, 3.05) is 13.7 Å². The quantitative estimate of drug-likeness (QED) is 0.295. The van der Waals surface area contributed by atoms with Crippen molar-refractivity contribution in [1.29, 1.82) is 0 Å². The molecule has 0 amide bonds. The zero-order chi connectivity index (χ0) is 11.8. The Morgan fingerprint density at radius 2 is 2.56 bits per heavy atom. The summed E-state index contributed by atoms with van der Waals surface area (Å²) in [6, 6.07) is 0.154. The molecule has 0 bridgehead atoms. The maximum atomic E-state index is 5.36. The maximum absolute atomic E-state index is 5.36. The molecule has 1 aromatic heterocycles. The number of hydrogen-bond donors (Lipinski definition) is 3. The Labute approximate surface area is 98.9 Å². The molecular formula is C9H17N5OS. The summed E-state index contributed by atoms with van der Waals surface area (Å²) < 4.78 is 5.01. The lowest BCUT2D eigenvalue weighted by Gasteiger charge is -2.15. The Morgan fingerprint density at radius 1 is 1.75 bits per heavy atom. The molecule has 7 heteroatoms. The van der Waals surface area contributed by atoms with E-state index in [1.54, 1.807) is 30.2 Å². The molecule has 0 aliphatic heterocycles. The summed E-state index contributed by atoms with van der Waals surface area (Å²) in [7, 11) is 1.65. The lowest BCUT2D eigenvalue weighted by Crippen LogP contribution is -2.46. The van der Waals surface area contributed by atoms with Crippen LogP contribution in [0.15, 0.2) is 16.7 Å². The van der Waals surface area contributed by atoms with Gasteiger partial charge in [-0.2, -0.15) is 0 Å². The average Bonchev–Trinajstić information content (AvgIpc) is 2.77. The fraction of sp³-hybridized carbons (Fsp3) is 0.556. The molecule has 0 saturated carbocycles. The van der Waals surface area contributed by atoms with Crippen LogP contribution < -0.4 is 16.6 Å². The monoisotopic (exact) mass is 243 g/mol. The lowest BCUT2D eigenvalue weighted by atomic mass is 10.4. The highest BCUT2D eigenvalue weighted by Gasteiger charge is 2.03. The van der Waals surface area contributed by atoms with Crippen molar-refractivity contribution in [2.24, 2.45) is 10.8 Å². The third kappa shape index (κ3) is 4.56. The van der Waals surface area contributed by atoms with E-state index in [4.69, 9.17) is 10.6 Å². The fourth-order valence-electron chi connectivity index (χ4n) is 1.14. The second kappa shape index (κ2) is 7.15. The molecule has 1 unspecified atom stereocenters. The molecule has 1 atom stereocenters. The predicted octanol–water partition coefficient (Wildman–Crippen LogP) is 0.0869. The van der Waals surface area contributed by atoms with Gasteiger partial charge < -0.3 is 10.1 Å². The smallest absolute Gasteiger partial charge is 0.206 e. The van der Waals surface area contributed by atoms with Crippen LogP contribution in [-0.4, -0.2) is 30.7 Å². The molecule has 1 aromatic rings. The number of ether oxygens (including phenoxy) is 1. The van der Waals surface area contributed by atoms with Crippen molar-refractivity contribution in [3.8, 4) is 0 Å². The highest BCUT2D eigenvalue weighted by Crippen LogP contribution is 2.06. The second-order valence-electron chi connectivity index (χ2n) is 3.28. The van der Waals surface area contributed by atoms with Crippen LogP contribution in [0, 0.1) is 0 Å². The third-order valence-corrected chi connectivity index (χ3v) is 2.58. The van der Waals surface area contributed by atoms with Gasteiger partial charge in [-0.25, -0.2) is 10.8 Å². The second-order valence-corrected chi connectivity index (χ2v) is 4.25. The first-order chi connectivity index (χ1) is 7.76. The van der Waals surface area contributed by atoms with Gasteiger partial charge in [0.15, 0.2) is 0 Å². The predicted molar refractivity (Wildman–Crippen MR) is 65.0 cm³/mol. The lowest BCUT2D eigenvalue weighted by molar-refractivity contribution is 0.179. The number of guanidine groups is 1. The van der Waals surface area contributed by atoms with Gasteiger partial charge in [0.1, 0.15) is 0 Å². The van der Waals surface area contributed by atoms with Crippen molar-refractivity contribution in [3.63, 3.8) is 0 Å². The SMILES string of the molecule is COCC(C)NC(=NCc1cncs1)NN. The molecule has 0 aliphatic carbocycles. The zero-order valence-corrected chi connectivity index (χ0v) is 10.3. The number of nitrogens with one attached hydrogen (secondary N) is 2. The number of hydrazine groups is 1. The van der Waals surface area contributed by atoms with Crippen molar-refractivity contribution < 1.29 is 4.74 Å². The number of rotatable bonds is 5. The van der Waals surface area contributed by atoms with E-state index < -0.39 is 0 Å². The van der Waals surface area contributed by atoms with E-state index in [-0.39, 0.29) is 6.04 Å². The number of aromatic nitrogens is 1. The molecule has 4 N–H and O–H groups in total. The number of nitrogens with two attached hydrogens (primary N) is 1. The summed E-state index contributed by atoms with van der Waals surface area (Å²) in [6.07, 6.45) is 1.79. The van der Waals surface area contributed by atoms with Crippen LogP contribution in [0.5, 0.6) is 0 Å². The minimum atomic E-state index is 0.154. The first-order valence-electron chi connectivity index (χ1n) is 4.90. The molecule has 0 aliphatic rings. The number of thiazole rings is 1. The topological polar surface area (TPSA) is 84.6 Å². The van der Waals surface area contributed by atoms with Gasteiger partial charge in [-0.1, -0.05) is 0 Å². The maximum Gasteiger partial charge on any atom is 0.206 e. The van der Waals surface area contributed by atoms with Gasteiger partial charge in [0, 0.05) is 24.2 Å². The highest BCUT2D eigenvalue weighted by atomic mass is 32.1. The number of methoxy groups -OCH3 is 1. The summed E-state index contributed by atoms with van der Waals surface area (Å²) >= 11 is 1.57. The molecule has 0 saturated heterocycles. The van der Waals surface area contributed by atoms with Gasteiger partial charge in [-0.3, -0.25) is 10.4 Å². The van der Waals surface area contributed by atoms with Crippen LogP contribution in [-0.2, 0) is 11.3 Å². The Hall–Kier alpha value is -1.18. The summed E-state index contributed by atoms with van der Waals surface area (Å²) in [6.45, 7) is 3.15. The Balaban J connectivity index is 2.43. The van der Waals surface area contributed by atoms with Crippen molar-refractivity contribution in [1.82, 2.24) is 15.7 Å². The van der Waals surface area contributed by atoms with Crippen LogP contribution >= 0.6 is 11.3 Å². The number of aliphatic imine (C=N–C) groups is 1. The molecule has 90 valence electrons. The van der Waals surface area contributed by atoms with Crippen molar-refractivity contribution >= 4 is 17.3 Å². The van der Waals surface area contributed by atoms with Crippen LogP contribution in [0.4, 0.5) is 0 Å². The Bertz CT molecular complexity index is 314. The highest BCUT2D eigenvalue weighted by molar-refractivity contribution is 7.09. The molecule has 6 nitrogen and oxygen atoms in total. The van der Waals surface area contributed by atoms with Crippen molar-refractivity contribution in [2.45, 2.75) is 19.5 Å². The van der Waals surface area contributed by atoms with Crippen LogP contribution in [0.2, 0.25) is 0 Å². The number of nitrogens with zero attached hydrogens (tertiary/aromatic N) is 2. The Kier molecular flexibility index (Phi) is 5.76. The third-order valence-electron chi connectivity index (χ3n) is 1.81. The standard InChI is InChI=1S/C9H17N5OS/c1-7(5-15-2)13-9(14-10)12-4-8-3-11-6-16-8/h3,6-7H,4-5,10H2,1-2H3,(H2,12,13,14). The first-order valence-corrected chi connectivity index (χ1v) is 5.78. The first kappa shape index (κ1) is 12.9. The largest absolute Gasteiger partial charge is 0.383 e. The van der Waals surface area contributed by atoms with Gasteiger partial charge in [-0.15, -0.1) is 11.3 Å². The van der Waals surface area contributed by atoms with E-state index >= 15 is 0 Å². The summed E-state index contributed by atoms with van der Waals surface area (Å²) in [5.41, 5.74) is 4.30. The van der Waals surface area contributed by atoms with E-state index in [9.17, 15) is 0 Å². The number of hydrogen-bond acceptors (Lipinski definition) is 5. The molecule has 1 heterocycles. The van der Waals surface area contributed by atoms with E-state index in [2.05, 4.69) is 20.7 Å². The Morgan fingerprint density at radius 3 is 3.12 bits per heavy atom. The summed E-state index contributed by atoms with van der Waals surface area (Å²) in [5, 5.41) is 3.10. The van der Waals surface area contributed by atoms with Crippen LogP contribution in [0.25, 0.3) is 0 Å². The molecular weight excluding hydrogens is 226 g/mol. The molecule has 0 aromatic carbocycles. The molecule has 0 radical (unpaired) electrons. The van der Waals surface area contributed by atoms with E-state index in [0.717, 1.165) is 4.88 Å². The average molecular weight is 243 g/mol. The van der Waals surface area contributed by atoms with Gasteiger partial charge in [0.05, 0.1) is 18.7 Å². The molecule has 16 heavy (non-hydrogen) atoms. The molecule has 0 spiro atoms. The van der Waals surface area contributed by atoms with Crippen LogP contribution in [0.3, 0.4) is 0 Å². The van der Waals surface area contributed by atoms with Gasteiger partial charge >= 0.3 is 0 Å². The molecule has 0 fully saturated rings. The van der Waals surface area contributed by atoms with Crippen molar-refractivity contribution in [3.05, 3.63) is 16.6 Å². The minimum absolute atomic E-state index is 0.154. The summed E-state index contributed by atoms with van der Waals surface area (Å²) in [5.74, 6) is 5.91. The van der Waals surface area contributed by atoms with E-state index in [0.29, 0.717) is 19.1 Å². The summed E-state index contributed by atoms with van der Waals surface area (Å²) in [4.78, 5) is 9.36. The van der Waals surface area contributed by atoms with Crippen LogP contribution in [0.1, 0.15) is 11.8 Å². The molecule has 1 rings (SSSR count).